The van der Waals surface area contributed by atoms with Crippen LogP contribution in [-0.4, -0.2) is 169 Å². The van der Waals surface area contributed by atoms with Crippen LogP contribution in [0.15, 0.2) is 0 Å². The molecule has 18 nitrogen and oxygen atoms in total. The van der Waals surface area contributed by atoms with Crippen LogP contribution >= 0.6 is 0 Å². The first-order valence-corrected chi connectivity index (χ1v) is 18.4. The Balaban J connectivity index is -0.0000000200. The zero-order valence-electron chi connectivity index (χ0n) is 42.2. The third-order valence-electron chi connectivity index (χ3n) is 0.788. The normalized spacial score (nSPS) is 8.60. The Morgan fingerprint density at radius 2 is 0.250 bits per heavy atom. The Hall–Kier alpha value is 2.14. The van der Waals surface area contributed by atoms with Crippen molar-refractivity contribution in [2.24, 2.45) is 0 Å². The molecule has 0 bridgehead atoms. The van der Waals surface area contributed by atoms with Crippen molar-refractivity contribution >= 4 is 0 Å². The Labute approximate surface area is 428 Å². The monoisotopic (exact) mass is 1040 g/mol. The van der Waals surface area contributed by atoms with E-state index in [2.05, 4.69) is 9.47 Å². The van der Waals surface area contributed by atoms with Gasteiger partial charge in [-0.1, -0.05) is 0 Å². The van der Waals surface area contributed by atoms with Gasteiger partial charge in [-0.3, -0.25) is 0 Å². The van der Waals surface area contributed by atoms with Gasteiger partial charge in [-0.15, -0.1) is 0 Å². The second-order valence-corrected chi connectivity index (χ2v) is 14.0. The third kappa shape index (κ3) is 2050. The molecule has 0 aliphatic carbocycles. The van der Waals surface area contributed by atoms with Crippen LogP contribution in [0, 0.1) is 0 Å². The Bertz CT molecular complexity index is 371. The maximum Gasteiger partial charge on any atom is 0.266 e. The van der Waals surface area contributed by atoms with Crippen molar-refractivity contribution in [1.82, 2.24) is 0 Å². The van der Waals surface area contributed by atoms with E-state index in [1.165, 1.54) is 0 Å². The first-order chi connectivity index (χ1) is 23.6. The molecule has 380 valence electrons. The minimum absolute atomic E-state index is 0. The Kier molecular flexibility index (Phi) is 206. The number of rotatable bonds is 4. The maximum absolute atomic E-state index is 8.06. The summed E-state index contributed by atoms with van der Waals surface area (Å²) in [6.07, 6.45) is -1.92. The molecule has 0 aromatic carbocycles. The molecule has 0 aromatic rings. The molecular formula is C38H104O18Ti4. The second kappa shape index (κ2) is 104. The van der Waals surface area contributed by atoms with Crippen molar-refractivity contribution in [2.45, 2.75) is 252 Å². The summed E-state index contributed by atoms with van der Waals surface area (Å²) >= 11 is 0. The van der Waals surface area contributed by atoms with E-state index in [-0.39, 0.29) is 171 Å². The van der Waals surface area contributed by atoms with Crippen LogP contribution in [0.4, 0.5) is 0 Å². The summed E-state index contributed by atoms with van der Waals surface area (Å²) in [5, 5.41) is 113. The molecule has 0 fully saturated rings. The minimum atomic E-state index is -1.63. The Morgan fingerprint density at radius 1 is 0.200 bits per heavy atom. The van der Waals surface area contributed by atoms with E-state index >= 15 is 0 Å². The number of aliphatic hydroxyl groups excluding tert-OH is 12. The molecule has 0 heterocycles. The molecule has 22 heteroatoms. The molecule has 0 atom stereocenters. The summed E-state index contributed by atoms with van der Waals surface area (Å²) in [5.41, 5.74) is 0. The van der Waals surface area contributed by atoms with Gasteiger partial charge in [0.1, 0.15) is 0 Å². The summed E-state index contributed by atoms with van der Waals surface area (Å²) in [4.78, 5) is 0. The van der Waals surface area contributed by atoms with Crippen molar-refractivity contribution in [3.05, 3.63) is 0 Å². The Morgan fingerprint density at radius 3 is 0.250 bits per heavy atom. The van der Waals surface area contributed by atoms with Gasteiger partial charge in [0, 0.05) is 148 Å². The number of hydrogen-bond acceptors (Lipinski definition) is 16. The van der Waals surface area contributed by atoms with E-state index in [0.717, 1.165) is 0 Å². The molecule has 0 aliphatic heterocycles. The first-order valence-electron chi connectivity index (χ1n) is 18.4. The van der Waals surface area contributed by atoms with Crippen LogP contribution in [0.5, 0.6) is 0 Å². The summed E-state index contributed by atoms with van der Waals surface area (Å²) in [5.74, 6) is 0. The van der Waals surface area contributed by atoms with Crippen molar-refractivity contribution in [2.75, 3.05) is 0 Å². The largest absolute Gasteiger partial charge is 0.412 e. The van der Waals surface area contributed by atoms with Crippen molar-refractivity contribution in [3.8, 4) is 0 Å². The van der Waals surface area contributed by atoms with Gasteiger partial charge in [0.15, 0.2) is 0 Å². The minimum Gasteiger partial charge on any atom is -0.412 e. The fourth-order valence-electron chi connectivity index (χ4n) is 0.487. The SMILES string of the molecule is CC(C)O.CC(C)O.CC(C)O.CC(C)O.CC(C)O.CC(C)O.CC(C)O.CC(C)O.CC(C)O.CC(C)O.CC(C)OC(O)O.CC(C)OC(O)O.O.O.[Ti].[Ti].[Ti].[Ti]. The third-order valence-corrected chi connectivity index (χ3v) is 0.788. The van der Waals surface area contributed by atoms with Crippen LogP contribution in [-0.2, 0) is 96.3 Å². The van der Waals surface area contributed by atoms with Gasteiger partial charge < -0.3 is 91.9 Å². The molecule has 18 N–H and O–H groups in total. The molecule has 0 saturated heterocycles. The standard InChI is InChI=1S/2C4H10O3.10C3H8O.2H2O.4Ti/c2*1-3(2)7-4(5)6;10*1-3(2)4;;;;;;/h2*3-6H,1-2H3;10*3-4H,1-2H3;2*1H2;;;;. The molecule has 0 radical (unpaired) electrons. The van der Waals surface area contributed by atoms with Crippen LogP contribution < -0.4 is 0 Å². The van der Waals surface area contributed by atoms with E-state index in [1.807, 2.05) is 0 Å². The number of ether oxygens (including phenoxy) is 2. The zero-order chi connectivity index (χ0) is 47.5. The predicted octanol–water partition coefficient (Wildman–Crippen LogP) is 1.57. The van der Waals surface area contributed by atoms with Gasteiger partial charge in [0.05, 0.1) is 12.2 Å². The van der Waals surface area contributed by atoms with Crippen LogP contribution in [0.3, 0.4) is 0 Å². The summed E-state index contributed by atoms with van der Waals surface area (Å²) in [6, 6.07) is 0. The molecule has 0 amide bonds. The van der Waals surface area contributed by atoms with Crippen LogP contribution in [0.2, 0.25) is 0 Å². The maximum atomic E-state index is 8.06. The van der Waals surface area contributed by atoms with E-state index < -0.39 is 13.0 Å². The van der Waals surface area contributed by atoms with Gasteiger partial charge in [-0.2, -0.15) is 0 Å². The quantitative estimate of drug-likeness (QED) is 0.140. The van der Waals surface area contributed by atoms with Crippen LogP contribution in [0.25, 0.3) is 0 Å². The molecule has 0 rings (SSSR count). The number of hydrogen-bond donors (Lipinski definition) is 14. The molecule has 0 aliphatic rings. The molecule has 0 aromatic heterocycles. The van der Waals surface area contributed by atoms with E-state index in [4.69, 9.17) is 71.5 Å². The molecule has 0 spiro atoms. The fraction of sp³-hybridized carbons (Fsp3) is 1.00. The summed E-state index contributed by atoms with van der Waals surface area (Å²) < 4.78 is 8.72. The second-order valence-electron chi connectivity index (χ2n) is 14.0. The van der Waals surface area contributed by atoms with E-state index in [9.17, 15) is 0 Å². The average molecular weight is 1040 g/mol. The van der Waals surface area contributed by atoms with Gasteiger partial charge in [0.2, 0.25) is 0 Å². The van der Waals surface area contributed by atoms with Crippen molar-refractivity contribution < 1.29 is 179 Å². The molecule has 60 heavy (non-hydrogen) atoms. The van der Waals surface area contributed by atoms with Gasteiger partial charge >= 0.3 is 0 Å². The zero-order valence-corrected chi connectivity index (χ0v) is 48.4. The molecular weight excluding hydrogens is 936 g/mol. The van der Waals surface area contributed by atoms with E-state index in [1.54, 1.807) is 166 Å². The van der Waals surface area contributed by atoms with Gasteiger partial charge in [-0.05, 0) is 166 Å². The topological polar surface area (TPSA) is 365 Å². The molecule has 0 unspecified atom stereocenters. The fourth-order valence-corrected chi connectivity index (χ4v) is 0.487. The summed E-state index contributed by atoms with van der Waals surface area (Å²) in [7, 11) is 0. The van der Waals surface area contributed by atoms with Crippen molar-refractivity contribution in [1.29, 1.82) is 0 Å². The van der Waals surface area contributed by atoms with Gasteiger partial charge in [0.25, 0.3) is 13.0 Å². The van der Waals surface area contributed by atoms with Crippen molar-refractivity contribution in [3.63, 3.8) is 0 Å². The van der Waals surface area contributed by atoms with Crippen LogP contribution in [0.1, 0.15) is 166 Å². The predicted molar refractivity (Wildman–Crippen MR) is 230 cm³/mol. The van der Waals surface area contributed by atoms with E-state index in [0.29, 0.717) is 0 Å². The number of aliphatic hydroxyl groups is 14. The first kappa shape index (κ1) is 119. The summed E-state index contributed by atoms with van der Waals surface area (Å²) in [6.45, 7) is 38.1. The van der Waals surface area contributed by atoms with Gasteiger partial charge in [-0.25, -0.2) is 0 Å². The average Bonchev–Trinajstić information content (AvgIpc) is 2.73. The smallest absolute Gasteiger partial charge is 0.266 e. The molecule has 0 saturated carbocycles.